The van der Waals surface area contributed by atoms with Crippen LogP contribution in [0.15, 0.2) is 12.1 Å². The van der Waals surface area contributed by atoms with Crippen LogP contribution in [0.25, 0.3) is 0 Å². The van der Waals surface area contributed by atoms with Crippen molar-refractivity contribution in [2.75, 3.05) is 34.4 Å². The molecule has 1 aliphatic carbocycles. The highest BCUT2D eigenvalue weighted by Crippen LogP contribution is 2.50. The van der Waals surface area contributed by atoms with Crippen molar-refractivity contribution in [3.63, 3.8) is 0 Å². The smallest absolute Gasteiger partial charge is 0.203 e. The van der Waals surface area contributed by atoms with E-state index < -0.39 is 0 Å². The normalized spacial score (nSPS) is 20.5. The molecular formula is C17H27NO3. The second-order valence-corrected chi connectivity index (χ2v) is 6.11. The third-order valence-electron chi connectivity index (χ3n) is 4.00. The van der Waals surface area contributed by atoms with Crippen LogP contribution in [0.5, 0.6) is 17.2 Å². The van der Waals surface area contributed by atoms with Gasteiger partial charge in [-0.25, -0.2) is 0 Å². The standard InChI is InChI=1S/C17H27NO3/c1-11(2)9-18-10-13-6-14(13)12-7-15(19-3)17(21-5)16(8-12)20-4/h7-8,11,13-14,18H,6,9-10H2,1-5H3. The van der Waals surface area contributed by atoms with Crippen LogP contribution in [-0.2, 0) is 0 Å². The lowest BCUT2D eigenvalue weighted by atomic mass is 10.1. The molecule has 0 aliphatic heterocycles. The van der Waals surface area contributed by atoms with Crippen LogP contribution in [-0.4, -0.2) is 34.4 Å². The Labute approximate surface area is 127 Å². The molecule has 1 aromatic carbocycles. The van der Waals surface area contributed by atoms with Crippen LogP contribution in [0.1, 0.15) is 31.7 Å². The molecule has 0 heterocycles. The van der Waals surface area contributed by atoms with Crippen LogP contribution >= 0.6 is 0 Å². The summed E-state index contributed by atoms with van der Waals surface area (Å²) in [5.74, 6) is 4.16. The van der Waals surface area contributed by atoms with Gasteiger partial charge in [-0.2, -0.15) is 0 Å². The van der Waals surface area contributed by atoms with E-state index in [1.54, 1.807) is 21.3 Å². The lowest BCUT2D eigenvalue weighted by molar-refractivity contribution is 0.323. The summed E-state index contributed by atoms with van der Waals surface area (Å²) in [5, 5.41) is 3.54. The molecule has 1 fully saturated rings. The molecule has 21 heavy (non-hydrogen) atoms. The quantitative estimate of drug-likeness (QED) is 0.799. The first-order valence-electron chi connectivity index (χ1n) is 7.61. The van der Waals surface area contributed by atoms with Crippen LogP contribution in [0.4, 0.5) is 0 Å². The van der Waals surface area contributed by atoms with Crippen molar-refractivity contribution in [3.05, 3.63) is 17.7 Å². The second-order valence-electron chi connectivity index (χ2n) is 6.11. The molecule has 1 aliphatic rings. The van der Waals surface area contributed by atoms with Crippen molar-refractivity contribution in [1.82, 2.24) is 5.32 Å². The number of nitrogens with one attached hydrogen (secondary N) is 1. The zero-order valence-electron chi connectivity index (χ0n) is 13.7. The minimum atomic E-state index is 0.596. The van der Waals surface area contributed by atoms with Crippen LogP contribution in [0, 0.1) is 11.8 Å². The summed E-state index contributed by atoms with van der Waals surface area (Å²) in [4.78, 5) is 0. The average Bonchev–Trinajstić information content (AvgIpc) is 3.24. The largest absolute Gasteiger partial charge is 0.493 e. The van der Waals surface area contributed by atoms with Gasteiger partial charge in [0, 0.05) is 0 Å². The zero-order chi connectivity index (χ0) is 15.4. The maximum atomic E-state index is 5.42. The van der Waals surface area contributed by atoms with E-state index in [4.69, 9.17) is 14.2 Å². The minimum Gasteiger partial charge on any atom is -0.493 e. The first-order chi connectivity index (χ1) is 10.1. The molecule has 0 bridgehead atoms. The number of benzene rings is 1. The van der Waals surface area contributed by atoms with Gasteiger partial charge in [0.1, 0.15) is 0 Å². The molecule has 2 unspecified atom stereocenters. The summed E-state index contributed by atoms with van der Waals surface area (Å²) < 4.78 is 16.2. The van der Waals surface area contributed by atoms with Crippen LogP contribution in [0.3, 0.4) is 0 Å². The van der Waals surface area contributed by atoms with Crippen molar-refractivity contribution in [3.8, 4) is 17.2 Å². The fourth-order valence-corrected chi connectivity index (χ4v) is 2.75. The molecule has 2 rings (SSSR count). The van der Waals surface area contributed by atoms with Crippen LogP contribution < -0.4 is 19.5 Å². The Morgan fingerprint density at radius 1 is 1.10 bits per heavy atom. The number of hydrogen-bond donors (Lipinski definition) is 1. The summed E-state index contributed by atoms with van der Waals surface area (Å²) in [7, 11) is 4.96. The Morgan fingerprint density at radius 3 is 2.19 bits per heavy atom. The summed E-state index contributed by atoms with van der Waals surface area (Å²) in [6, 6.07) is 4.16. The maximum Gasteiger partial charge on any atom is 0.203 e. The molecule has 0 amide bonds. The molecule has 4 heteroatoms. The van der Waals surface area contributed by atoms with Crippen molar-refractivity contribution < 1.29 is 14.2 Å². The highest BCUT2D eigenvalue weighted by molar-refractivity contribution is 5.55. The fraction of sp³-hybridized carbons (Fsp3) is 0.647. The summed E-state index contributed by atoms with van der Waals surface area (Å²) in [6.07, 6.45) is 1.23. The monoisotopic (exact) mass is 293 g/mol. The third-order valence-corrected chi connectivity index (χ3v) is 4.00. The summed E-state index contributed by atoms with van der Waals surface area (Å²) in [6.45, 7) is 6.63. The molecule has 1 aromatic rings. The lowest BCUT2D eigenvalue weighted by Gasteiger charge is -2.14. The second kappa shape index (κ2) is 7.03. The molecule has 1 N–H and O–H groups in total. The molecular weight excluding hydrogens is 266 g/mol. The molecule has 2 atom stereocenters. The number of rotatable bonds is 8. The van der Waals surface area contributed by atoms with E-state index in [0.29, 0.717) is 23.5 Å². The van der Waals surface area contributed by atoms with E-state index in [9.17, 15) is 0 Å². The molecule has 1 saturated carbocycles. The summed E-state index contributed by atoms with van der Waals surface area (Å²) >= 11 is 0. The Bertz CT molecular complexity index is 448. The van der Waals surface area contributed by atoms with E-state index in [0.717, 1.165) is 24.6 Å². The predicted molar refractivity (Wildman–Crippen MR) is 84.7 cm³/mol. The van der Waals surface area contributed by atoms with Gasteiger partial charge in [0.15, 0.2) is 11.5 Å². The van der Waals surface area contributed by atoms with Crippen molar-refractivity contribution in [2.45, 2.75) is 26.2 Å². The Kier molecular flexibility index (Phi) is 5.34. The van der Waals surface area contributed by atoms with Gasteiger partial charge in [0.2, 0.25) is 5.75 Å². The molecule has 4 nitrogen and oxygen atoms in total. The molecule has 0 spiro atoms. The highest BCUT2D eigenvalue weighted by Gasteiger charge is 2.38. The number of hydrogen-bond acceptors (Lipinski definition) is 4. The van der Waals surface area contributed by atoms with Crippen molar-refractivity contribution in [1.29, 1.82) is 0 Å². The van der Waals surface area contributed by atoms with Gasteiger partial charge in [-0.05, 0) is 55.0 Å². The highest BCUT2D eigenvalue weighted by atomic mass is 16.5. The van der Waals surface area contributed by atoms with Crippen molar-refractivity contribution in [2.24, 2.45) is 11.8 Å². The summed E-state index contributed by atoms with van der Waals surface area (Å²) in [5.41, 5.74) is 1.28. The van der Waals surface area contributed by atoms with Crippen molar-refractivity contribution >= 4 is 0 Å². The number of ether oxygens (including phenoxy) is 3. The van der Waals surface area contributed by atoms with E-state index >= 15 is 0 Å². The first-order valence-corrected chi connectivity index (χ1v) is 7.61. The zero-order valence-corrected chi connectivity index (χ0v) is 13.7. The van der Waals surface area contributed by atoms with Gasteiger partial charge < -0.3 is 19.5 Å². The molecule has 0 radical (unpaired) electrons. The van der Waals surface area contributed by atoms with E-state index in [-0.39, 0.29) is 0 Å². The molecule has 0 saturated heterocycles. The Balaban J connectivity index is 2.04. The first kappa shape index (κ1) is 16.0. The van der Waals surface area contributed by atoms with Gasteiger partial charge in [-0.15, -0.1) is 0 Å². The van der Waals surface area contributed by atoms with Gasteiger partial charge in [0.05, 0.1) is 21.3 Å². The Morgan fingerprint density at radius 2 is 1.71 bits per heavy atom. The fourth-order valence-electron chi connectivity index (χ4n) is 2.75. The lowest BCUT2D eigenvalue weighted by Crippen LogP contribution is -2.22. The third kappa shape index (κ3) is 3.82. The van der Waals surface area contributed by atoms with Gasteiger partial charge >= 0.3 is 0 Å². The minimum absolute atomic E-state index is 0.596. The SMILES string of the molecule is COc1cc(C2CC2CNCC(C)C)cc(OC)c1OC. The van der Waals surface area contributed by atoms with E-state index in [2.05, 4.69) is 31.3 Å². The van der Waals surface area contributed by atoms with Gasteiger partial charge in [-0.1, -0.05) is 13.8 Å². The molecule has 0 aromatic heterocycles. The number of methoxy groups -OCH3 is 3. The van der Waals surface area contributed by atoms with E-state index in [1.165, 1.54) is 12.0 Å². The van der Waals surface area contributed by atoms with Crippen LogP contribution in [0.2, 0.25) is 0 Å². The van der Waals surface area contributed by atoms with Gasteiger partial charge in [-0.3, -0.25) is 0 Å². The van der Waals surface area contributed by atoms with E-state index in [1.807, 2.05) is 0 Å². The van der Waals surface area contributed by atoms with Gasteiger partial charge in [0.25, 0.3) is 0 Å². The molecule has 118 valence electrons. The average molecular weight is 293 g/mol. The topological polar surface area (TPSA) is 39.7 Å². The Hall–Kier alpha value is -1.42. The predicted octanol–water partition coefficient (Wildman–Crippen LogP) is 3.06. The maximum absolute atomic E-state index is 5.42.